The van der Waals surface area contributed by atoms with Crippen LogP contribution >= 0.6 is 23.2 Å². The standard InChI is InChI=1S/C26H22Cl2F2N2O9S/c27-20-11-31(34)12-21(28)19(20)10-23(16-3-8-22(41-26(29)30)24(9-16)39-13-15-1-2-15)40-25(33)14-42(37,38)18-6-4-17(5-7-18)32(35)36/h3-9,11-12,15,23,26H,1-2,10,13-14H2. The summed E-state index contributed by atoms with van der Waals surface area (Å²) >= 11 is 12.4. The predicted molar refractivity (Wildman–Crippen MR) is 144 cm³/mol. The highest BCUT2D eigenvalue weighted by Crippen LogP contribution is 2.38. The first kappa shape index (κ1) is 31.2. The van der Waals surface area contributed by atoms with Crippen LogP contribution in [0.3, 0.4) is 0 Å². The smallest absolute Gasteiger partial charge is 0.387 e. The third-order valence-electron chi connectivity index (χ3n) is 6.16. The number of nitrogens with zero attached hydrogens (tertiary/aromatic N) is 2. The van der Waals surface area contributed by atoms with Crippen LogP contribution in [0.1, 0.15) is 30.1 Å². The zero-order chi connectivity index (χ0) is 30.6. The first-order valence-electron chi connectivity index (χ1n) is 12.3. The second kappa shape index (κ2) is 13.0. The Labute approximate surface area is 248 Å². The number of carbonyl (C=O) groups excluding carboxylic acids is 1. The van der Waals surface area contributed by atoms with Gasteiger partial charge in [0.25, 0.3) is 5.69 Å². The molecule has 0 amide bonds. The van der Waals surface area contributed by atoms with Gasteiger partial charge in [0.05, 0.1) is 16.4 Å². The summed E-state index contributed by atoms with van der Waals surface area (Å²) in [6.07, 6.45) is 2.36. The van der Waals surface area contributed by atoms with Crippen LogP contribution < -0.4 is 14.2 Å². The fourth-order valence-electron chi connectivity index (χ4n) is 3.87. The van der Waals surface area contributed by atoms with E-state index in [4.69, 9.17) is 32.7 Å². The zero-order valence-corrected chi connectivity index (χ0v) is 23.8. The molecular weight excluding hydrogens is 625 g/mol. The summed E-state index contributed by atoms with van der Waals surface area (Å²) in [4.78, 5) is 22.8. The van der Waals surface area contributed by atoms with E-state index >= 15 is 0 Å². The molecule has 1 heterocycles. The van der Waals surface area contributed by atoms with Crippen molar-refractivity contribution in [2.45, 2.75) is 36.9 Å². The minimum Gasteiger partial charge on any atom is -0.619 e. The molecule has 1 aromatic heterocycles. The molecule has 2 aromatic carbocycles. The number of sulfone groups is 1. The second-order valence-corrected chi connectivity index (χ2v) is 12.1. The number of halogens is 4. The van der Waals surface area contributed by atoms with Crippen LogP contribution in [0.5, 0.6) is 11.5 Å². The van der Waals surface area contributed by atoms with Gasteiger partial charge in [0.1, 0.15) is 16.1 Å². The lowest BCUT2D eigenvalue weighted by Gasteiger charge is -2.21. The number of alkyl halides is 2. The Balaban J connectivity index is 1.64. The molecule has 1 aliphatic rings. The van der Waals surface area contributed by atoms with E-state index in [1.807, 2.05) is 0 Å². The molecule has 16 heteroatoms. The number of hydrogen-bond donors (Lipinski definition) is 0. The van der Waals surface area contributed by atoms with Crippen LogP contribution in [0.4, 0.5) is 14.5 Å². The van der Waals surface area contributed by atoms with Crippen molar-refractivity contribution in [1.82, 2.24) is 0 Å². The summed E-state index contributed by atoms with van der Waals surface area (Å²) in [5.41, 5.74) is 0.0517. The predicted octanol–water partition coefficient (Wildman–Crippen LogP) is 5.23. The summed E-state index contributed by atoms with van der Waals surface area (Å²) in [7, 11) is -4.29. The molecule has 0 bridgehead atoms. The van der Waals surface area contributed by atoms with Crippen LogP contribution in [-0.2, 0) is 25.8 Å². The van der Waals surface area contributed by atoms with Crippen molar-refractivity contribution < 1.29 is 45.9 Å². The number of non-ortho nitro benzene ring substituents is 1. The van der Waals surface area contributed by atoms with Crippen LogP contribution in [0, 0.1) is 21.2 Å². The molecule has 0 aliphatic heterocycles. The second-order valence-electron chi connectivity index (χ2n) is 9.32. The van der Waals surface area contributed by atoms with Crippen LogP contribution in [0.25, 0.3) is 0 Å². The van der Waals surface area contributed by atoms with Crippen molar-refractivity contribution in [2.24, 2.45) is 5.92 Å². The maximum absolute atomic E-state index is 13.0. The first-order valence-corrected chi connectivity index (χ1v) is 14.7. The lowest BCUT2D eigenvalue weighted by atomic mass is 10.0. The maximum atomic E-state index is 13.0. The quantitative estimate of drug-likeness (QED) is 0.0800. The van der Waals surface area contributed by atoms with Crippen molar-refractivity contribution in [3.63, 3.8) is 0 Å². The van der Waals surface area contributed by atoms with Gasteiger partial charge in [-0.05, 0) is 48.6 Å². The van der Waals surface area contributed by atoms with Crippen LogP contribution in [0.2, 0.25) is 10.0 Å². The molecule has 11 nitrogen and oxygen atoms in total. The third kappa shape index (κ3) is 8.17. The molecule has 1 saturated carbocycles. The number of ether oxygens (including phenoxy) is 3. The lowest BCUT2D eigenvalue weighted by Crippen LogP contribution is -2.26. The van der Waals surface area contributed by atoms with Gasteiger partial charge < -0.3 is 19.4 Å². The molecule has 1 unspecified atom stereocenters. The van der Waals surface area contributed by atoms with E-state index in [1.54, 1.807) is 0 Å². The normalized spacial score (nSPS) is 13.9. The minimum absolute atomic E-state index is 0.0538. The molecule has 0 saturated heterocycles. The molecule has 0 spiro atoms. The Bertz CT molecular complexity index is 1560. The van der Waals surface area contributed by atoms with Crippen molar-refractivity contribution in [2.75, 3.05) is 12.4 Å². The van der Waals surface area contributed by atoms with E-state index in [0.29, 0.717) is 4.73 Å². The van der Waals surface area contributed by atoms with Crippen molar-refractivity contribution in [1.29, 1.82) is 0 Å². The van der Waals surface area contributed by atoms with E-state index < -0.39 is 39.2 Å². The lowest BCUT2D eigenvalue weighted by molar-refractivity contribution is -0.605. The van der Waals surface area contributed by atoms with Gasteiger partial charge in [-0.15, -0.1) is 0 Å². The van der Waals surface area contributed by atoms with Gasteiger partial charge in [-0.3, -0.25) is 14.9 Å². The fraction of sp³-hybridized carbons (Fsp3) is 0.308. The van der Waals surface area contributed by atoms with Gasteiger partial charge in [0, 0.05) is 24.1 Å². The largest absolute Gasteiger partial charge is 0.619 e. The van der Waals surface area contributed by atoms with Crippen molar-refractivity contribution in [3.8, 4) is 11.5 Å². The molecule has 1 aliphatic carbocycles. The number of esters is 1. The number of hydrogen-bond acceptors (Lipinski definition) is 9. The van der Waals surface area contributed by atoms with E-state index in [2.05, 4.69) is 4.74 Å². The highest BCUT2D eigenvalue weighted by atomic mass is 35.5. The van der Waals surface area contributed by atoms with E-state index in [1.165, 1.54) is 18.2 Å². The molecule has 3 aromatic rings. The number of benzene rings is 2. The van der Waals surface area contributed by atoms with E-state index in [-0.39, 0.29) is 62.2 Å². The SMILES string of the molecule is O=C(CS(=O)(=O)c1ccc([N+](=O)[O-])cc1)OC(Cc1c(Cl)c[n+]([O-])cc1Cl)c1ccc(OC(F)F)c(OCC2CC2)c1. The minimum atomic E-state index is -4.29. The molecule has 224 valence electrons. The number of carbonyl (C=O) groups is 1. The average molecular weight is 647 g/mol. The first-order chi connectivity index (χ1) is 19.8. The molecule has 1 fully saturated rings. The summed E-state index contributed by atoms with van der Waals surface area (Å²) in [6, 6.07) is 7.78. The summed E-state index contributed by atoms with van der Waals surface area (Å²) in [6.45, 7) is -2.90. The molecule has 0 radical (unpaired) electrons. The van der Waals surface area contributed by atoms with E-state index in [0.717, 1.165) is 49.5 Å². The van der Waals surface area contributed by atoms with E-state index in [9.17, 15) is 37.3 Å². The molecule has 42 heavy (non-hydrogen) atoms. The Kier molecular flexibility index (Phi) is 9.69. The van der Waals surface area contributed by atoms with Crippen LogP contribution in [0.15, 0.2) is 59.8 Å². The fourth-order valence-corrected chi connectivity index (χ4v) is 5.56. The van der Waals surface area contributed by atoms with Gasteiger partial charge >= 0.3 is 12.6 Å². The Morgan fingerprint density at radius 1 is 1.07 bits per heavy atom. The highest BCUT2D eigenvalue weighted by Gasteiger charge is 2.28. The molecule has 4 rings (SSSR count). The highest BCUT2D eigenvalue weighted by molar-refractivity contribution is 7.92. The molecule has 1 atom stereocenters. The Morgan fingerprint density at radius 3 is 2.29 bits per heavy atom. The average Bonchev–Trinajstić information content (AvgIpc) is 3.73. The Morgan fingerprint density at radius 2 is 1.71 bits per heavy atom. The molecule has 0 N–H and O–H groups in total. The Hall–Kier alpha value is -3.75. The van der Waals surface area contributed by atoms with Gasteiger partial charge in [0.2, 0.25) is 0 Å². The summed E-state index contributed by atoms with van der Waals surface area (Å²) < 4.78 is 67.9. The maximum Gasteiger partial charge on any atom is 0.387 e. The number of nitro benzene ring substituents is 1. The van der Waals surface area contributed by atoms with Crippen LogP contribution in [-0.4, -0.2) is 38.3 Å². The topological polar surface area (TPSA) is 149 Å². The number of pyridine rings is 1. The molecular formula is C26H22Cl2F2N2O9S. The number of nitro groups is 1. The summed E-state index contributed by atoms with van der Waals surface area (Å²) in [5, 5.41) is 22.5. The van der Waals surface area contributed by atoms with Gasteiger partial charge in [0.15, 0.2) is 39.5 Å². The van der Waals surface area contributed by atoms with Crippen molar-refractivity contribution >= 4 is 44.7 Å². The van der Waals surface area contributed by atoms with Gasteiger partial charge in [-0.25, -0.2) is 8.42 Å². The summed E-state index contributed by atoms with van der Waals surface area (Å²) in [5.74, 6) is -2.39. The third-order valence-corrected chi connectivity index (χ3v) is 8.42. The van der Waals surface area contributed by atoms with Gasteiger partial charge in [-0.1, -0.05) is 29.3 Å². The monoisotopic (exact) mass is 646 g/mol. The zero-order valence-electron chi connectivity index (χ0n) is 21.5. The number of aromatic nitrogens is 1. The van der Waals surface area contributed by atoms with Crippen molar-refractivity contribution in [3.05, 3.63) is 91.4 Å². The van der Waals surface area contributed by atoms with Gasteiger partial charge in [-0.2, -0.15) is 13.5 Å². The number of rotatable bonds is 13.